The van der Waals surface area contributed by atoms with Gasteiger partial charge in [-0.2, -0.15) is 0 Å². The lowest BCUT2D eigenvalue weighted by molar-refractivity contribution is 0.155. The van der Waals surface area contributed by atoms with Crippen LogP contribution in [-0.4, -0.2) is 19.7 Å². The fraction of sp³-hybridized carbons (Fsp3) is 0.538. The van der Waals surface area contributed by atoms with E-state index in [1.54, 1.807) is 12.2 Å². The molecule has 1 saturated heterocycles. The Labute approximate surface area is 92.7 Å². The Bertz CT molecular complexity index is 249. The molecule has 1 fully saturated rings. The zero-order chi connectivity index (χ0) is 11.1. The van der Waals surface area contributed by atoms with E-state index in [0.29, 0.717) is 5.92 Å². The maximum absolute atomic E-state index is 5.73. The third-order valence-corrected chi connectivity index (χ3v) is 2.75. The molecule has 1 unspecified atom stereocenters. The summed E-state index contributed by atoms with van der Waals surface area (Å²) in [7, 11) is 0. The van der Waals surface area contributed by atoms with Gasteiger partial charge in [0.15, 0.2) is 0 Å². The first kappa shape index (κ1) is 12.1. The predicted octanol–water partition coefficient (Wildman–Crippen LogP) is 2.65. The van der Waals surface area contributed by atoms with Crippen molar-refractivity contribution in [3.63, 3.8) is 0 Å². The molecule has 0 aromatic heterocycles. The molecule has 0 radical (unpaired) electrons. The van der Waals surface area contributed by atoms with Crippen LogP contribution in [0.15, 0.2) is 36.6 Å². The summed E-state index contributed by atoms with van der Waals surface area (Å²) in [5.41, 5.74) is 1.05. The van der Waals surface area contributed by atoms with Gasteiger partial charge in [-0.15, -0.1) is 0 Å². The summed E-state index contributed by atoms with van der Waals surface area (Å²) in [6.07, 6.45) is 6.07. The minimum Gasteiger partial charge on any atom is -0.493 e. The molecule has 84 valence electrons. The quantitative estimate of drug-likeness (QED) is 0.553. The average molecular weight is 207 g/mol. The van der Waals surface area contributed by atoms with Crippen molar-refractivity contribution in [3.8, 4) is 0 Å². The summed E-state index contributed by atoms with van der Waals surface area (Å²) in [5.74, 6) is 1.49. The number of allylic oxidation sites excluding steroid dienone is 3. The molecule has 0 amide bonds. The van der Waals surface area contributed by atoms with Gasteiger partial charge >= 0.3 is 0 Å². The van der Waals surface area contributed by atoms with Gasteiger partial charge in [0.1, 0.15) is 5.76 Å². The molecule has 1 heterocycles. The first-order valence-corrected chi connectivity index (χ1v) is 5.57. The Hall–Kier alpha value is -1.02. The third-order valence-electron chi connectivity index (χ3n) is 2.75. The Morgan fingerprint density at radius 2 is 2.27 bits per heavy atom. The van der Waals surface area contributed by atoms with E-state index in [4.69, 9.17) is 4.74 Å². The fourth-order valence-electron chi connectivity index (χ4n) is 1.71. The van der Waals surface area contributed by atoms with Gasteiger partial charge in [0.2, 0.25) is 0 Å². The van der Waals surface area contributed by atoms with Crippen molar-refractivity contribution in [2.24, 2.45) is 5.92 Å². The molecule has 0 spiro atoms. The van der Waals surface area contributed by atoms with Gasteiger partial charge in [-0.25, -0.2) is 0 Å². The lowest BCUT2D eigenvalue weighted by atomic mass is 10.0. The topological polar surface area (TPSA) is 21.3 Å². The van der Waals surface area contributed by atoms with Crippen LogP contribution < -0.4 is 5.32 Å². The molecule has 1 aliphatic rings. The van der Waals surface area contributed by atoms with E-state index < -0.39 is 0 Å². The van der Waals surface area contributed by atoms with E-state index in [1.165, 1.54) is 12.8 Å². The van der Waals surface area contributed by atoms with E-state index in [-0.39, 0.29) is 0 Å². The summed E-state index contributed by atoms with van der Waals surface area (Å²) in [6, 6.07) is 0. The molecule has 0 aromatic rings. The zero-order valence-electron chi connectivity index (χ0n) is 9.59. The third kappa shape index (κ3) is 3.92. The van der Waals surface area contributed by atoms with Crippen LogP contribution in [0.3, 0.4) is 0 Å². The van der Waals surface area contributed by atoms with Crippen molar-refractivity contribution in [3.05, 3.63) is 36.6 Å². The summed E-state index contributed by atoms with van der Waals surface area (Å²) in [6.45, 7) is 12.5. The number of hydrogen-bond donors (Lipinski definition) is 1. The Morgan fingerprint density at radius 1 is 1.47 bits per heavy atom. The fourth-order valence-corrected chi connectivity index (χ4v) is 1.71. The lowest BCUT2D eigenvalue weighted by Gasteiger charge is -2.23. The van der Waals surface area contributed by atoms with Gasteiger partial charge in [0.25, 0.3) is 0 Å². The van der Waals surface area contributed by atoms with Gasteiger partial charge in [-0.05, 0) is 38.0 Å². The number of nitrogens with one attached hydrogen (secondary N) is 1. The monoisotopic (exact) mass is 207 g/mol. The first-order valence-electron chi connectivity index (χ1n) is 5.57. The standard InChI is InChI=1S/C13H21NO/c1-4-11(3)13(5-2)15-10-12-7-6-8-14-9-12/h4-5,12,14H,1-2,6-10H2,3H3/b13-11+. The molecule has 2 nitrogen and oxygen atoms in total. The number of piperidine rings is 1. The predicted molar refractivity (Wildman–Crippen MR) is 64.6 cm³/mol. The Morgan fingerprint density at radius 3 is 2.80 bits per heavy atom. The second-order valence-electron chi connectivity index (χ2n) is 3.98. The van der Waals surface area contributed by atoms with Gasteiger partial charge in [0.05, 0.1) is 6.61 Å². The highest BCUT2D eigenvalue weighted by atomic mass is 16.5. The van der Waals surface area contributed by atoms with E-state index in [1.807, 2.05) is 6.92 Å². The van der Waals surface area contributed by atoms with Crippen molar-refractivity contribution in [1.82, 2.24) is 5.32 Å². The Kier molecular flexibility index (Phi) is 5.19. The minimum absolute atomic E-state index is 0.631. The molecule has 2 heteroatoms. The normalized spacial score (nSPS) is 22.9. The highest BCUT2D eigenvalue weighted by Crippen LogP contribution is 2.14. The largest absolute Gasteiger partial charge is 0.493 e. The lowest BCUT2D eigenvalue weighted by Crippen LogP contribution is -2.32. The van der Waals surface area contributed by atoms with E-state index in [9.17, 15) is 0 Å². The first-order chi connectivity index (χ1) is 7.27. The van der Waals surface area contributed by atoms with Gasteiger partial charge in [-0.3, -0.25) is 0 Å². The summed E-state index contributed by atoms with van der Waals surface area (Å²) < 4.78 is 5.73. The highest BCUT2D eigenvalue weighted by Gasteiger charge is 2.13. The van der Waals surface area contributed by atoms with Crippen molar-refractivity contribution in [1.29, 1.82) is 0 Å². The van der Waals surface area contributed by atoms with Crippen LogP contribution in [-0.2, 0) is 4.74 Å². The number of rotatable bonds is 5. The summed E-state index contributed by atoms with van der Waals surface area (Å²) >= 11 is 0. The highest BCUT2D eigenvalue weighted by molar-refractivity contribution is 5.24. The number of hydrogen-bond acceptors (Lipinski definition) is 2. The van der Waals surface area contributed by atoms with Crippen LogP contribution in [0.25, 0.3) is 0 Å². The van der Waals surface area contributed by atoms with Crippen molar-refractivity contribution in [2.45, 2.75) is 19.8 Å². The van der Waals surface area contributed by atoms with Crippen LogP contribution in [0, 0.1) is 5.92 Å². The van der Waals surface area contributed by atoms with E-state index in [2.05, 4.69) is 18.5 Å². The molecule has 1 atom stereocenters. The van der Waals surface area contributed by atoms with E-state index in [0.717, 1.165) is 31.0 Å². The van der Waals surface area contributed by atoms with Crippen LogP contribution in [0.4, 0.5) is 0 Å². The van der Waals surface area contributed by atoms with Crippen LogP contribution in [0.5, 0.6) is 0 Å². The molecule has 0 aromatic carbocycles. The van der Waals surface area contributed by atoms with Crippen molar-refractivity contribution >= 4 is 0 Å². The maximum Gasteiger partial charge on any atom is 0.121 e. The SMILES string of the molecule is C=C/C(C)=C(\C=C)OCC1CCCNC1. The molecule has 0 bridgehead atoms. The average Bonchev–Trinajstić information content (AvgIpc) is 2.31. The Balaban J connectivity index is 2.39. The maximum atomic E-state index is 5.73. The number of ether oxygens (including phenoxy) is 1. The molecule has 0 aliphatic carbocycles. The molecule has 1 N–H and O–H groups in total. The molecular weight excluding hydrogens is 186 g/mol. The van der Waals surface area contributed by atoms with Crippen LogP contribution in [0.1, 0.15) is 19.8 Å². The zero-order valence-corrected chi connectivity index (χ0v) is 9.59. The second kappa shape index (κ2) is 6.46. The second-order valence-corrected chi connectivity index (χ2v) is 3.98. The van der Waals surface area contributed by atoms with Gasteiger partial charge in [0, 0.05) is 12.5 Å². The van der Waals surface area contributed by atoms with Crippen LogP contribution in [0.2, 0.25) is 0 Å². The van der Waals surface area contributed by atoms with Crippen LogP contribution >= 0.6 is 0 Å². The smallest absolute Gasteiger partial charge is 0.121 e. The molecule has 15 heavy (non-hydrogen) atoms. The summed E-state index contributed by atoms with van der Waals surface area (Å²) in [4.78, 5) is 0. The van der Waals surface area contributed by atoms with Crippen molar-refractivity contribution in [2.75, 3.05) is 19.7 Å². The minimum atomic E-state index is 0.631. The molecule has 1 aliphatic heterocycles. The van der Waals surface area contributed by atoms with Gasteiger partial charge in [-0.1, -0.05) is 19.2 Å². The molecular formula is C13H21NO. The van der Waals surface area contributed by atoms with Gasteiger partial charge < -0.3 is 10.1 Å². The molecule has 0 saturated carbocycles. The van der Waals surface area contributed by atoms with E-state index >= 15 is 0 Å². The molecule has 1 rings (SSSR count). The summed E-state index contributed by atoms with van der Waals surface area (Å²) in [5, 5.41) is 3.38. The van der Waals surface area contributed by atoms with Crippen molar-refractivity contribution < 1.29 is 4.74 Å².